The number of guanidine groups is 1. The van der Waals surface area contributed by atoms with Crippen LogP contribution in [0.15, 0.2) is 194 Å². The minimum Gasteiger partial charge on any atom is -0.497 e. The number of likely N-dealkylation sites (tertiary alicyclic amines) is 1. The second-order valence-electron chi connectivity index (χ2n) is 36.6. The number of imidazole rings is 1. The number of ether oxygens (including phenoxy) is 3. The quantitative estimate of drug-likeness (QED) is 0.00755. The molecule has 9 amide bonds. The summed E-state index contributed by atoms with van der Waals surface area (Å²) in [5.74, 6) is -8.24. The van der Waals surface area contributed by atoms with E-state index in [1.165, 1.54) is 12.0 Å². The molecule has 34 heteroatoms. The van der Waals surface area contributed by atoms with E-state index in [9.17, 15) is 32.7 Å². The van der Waals surface area contributed by atoms with Gasteiger partial charge in [-0.2, -0.15) is 0 Å². The smallest absolute Gasteiger partial charge is 0.322 e. The Morgan fingerprint density at radius 1 is 0.604 bits per heavy atom. The van der Waals surface area contributed by atoms with Crippen LogP contribution in [0.5, 0.6) is 11.5 Å². The van der Waals surface area contributed by atoms with E-state index in [1.54, 1.807) is 104 Å². The van der Waals surface area contributed by atoms with Gasteiger partial charge in [-0.05, 0) is 181 Å². The van der Waals surface area contributed by atoms with Gasteiger partial charge in [0, 0.05) is 91.2 Å². The van der Waals surface area contributed by atoms with Crippen LogP contribution in [0.3, 0.4) is 0 Å². The monoisotopic (exact) mass is 1850 g/mol. The number of nitrogens with one attached hydrogen (secondary N) is 14. The summed E-state index contributed by atoms with van der Waals surface area (Å²) in [6.45, 7) is 17.1. The fraction of sp³-hybridized carbons (Fsp3) is 0.400. The van der Waals surface area contributed by atoms with Gasteiger partial charge in [0.05, 0.1) is 42.3 Å². The lowest BCUT2D eigenvalue weighted by atomic mass is 9.77. The first-order chi connectivity index (χ1) is 64.0. The van der Waals surface area contributed by atoms with Crippen molar-refractivity contribution >= 4 is 96.9 Å². The van der Waals surface area contributed by atoms with E-state index < -0.39 is 159 Å². The van der Waals surface area contributed by atoms with Crippen molar-refractivity contribution in [2.45, 2.75) is 216 Å². The summed E-state index contributed by atoms with van der Waals surface area (Å²) in [5.41, 5.74) is 6.06. The maximum atomic E-state index is 15.9. The number of methoxy groups -OCH3 is 1. The van der Waals surface area contributed by atoms with E-state index in [0.717, 1.165) is 33.2 Å². The van der Waals surface area contributed by atoms with E-state index in [0.29, 0.717) is 87.3 Å². The van der Waals surface area contributed by atoms with E-state index in [-0.39, 0.29) is 75.3 Å². The summed E-state index contributed by atoms with van der Waals surface area (Å²) in [7, 11) is -2.88. The summed E-state index contributed by atoms with van der Waals surface area (Å²) < 4.78 is 50.8. The number of sulfonamides is 1. The molecule has 0 bridgehead atoms. The Morgan fingerprint density at radius 3 is 1.63 bits per heavy atom. The number of carbonyl (C=O) groups excluding carboxylic acids is 9. The second-order valence-corrected chi connectivity index (χ2v) is 38.3. The number of carbonyl (C=O) groups is 10. The van der Waals surface area contributed by atoms with Crippen molar-refractivity contribution in [1.82, 2.24) is 82.3 Å². The third kappa shape index (κ3) is 23.6. The highest BCUT2D eigenvalue weighted by Crippen LogP contribution is 2.45. The van der Waals surface area contributed by atoms with Gasteiger partial charge in [0.2, 0.25) is 59.1 Å². The number of carboxylic acids is 1. The Hall–Kier alpha value is -13.7. The van der Waals surface area contributed by atoms with Gasteiger partial charge in [-0.1, -0.05) is 153 Å². The van der Waals surface area contributed by atoms with Gasteiger partial charge in [-0.3, -0.25) is 53.4 Å². The molecule has 6 heterocycles. The van der Waals surface area contributed by atoms with Crippen LogP contribution in [0.1, 0.15) is 148 Å². The molecule has 0 unspecified atom stereocenters. The zero-order valence-corrected chi connectivity index (χ0v) is 78.1. The van der Waals surface area contributed by atoms with Crippen molar-refractivity contribution in [2.24, 2.45) is 5.92 Å². The van der Waals surface area contributed by atoms with Crippen LogP contribution in [-0.2, 0) is 100 Å². The molecule has 33 nitrogen and oxygen atoms in total. The molecule has 10 aromatic rings. The van der Waals surface area contributed by atoms with Crippen molar-refractivity contribution in [2.75, 3.05) is 39.9 Å². The summed E-state index contributed by atoms with van der Waals surface area (Å²) >= 11 is 0. The highest BCUT2D eigenvalue weighted by molar-refractivity contribution is 7.90. The lowest BCUT2D eigenvalue weighted by molar-refractivity contribution is -0.150. The molecular weight excluding hydrogens is 1730 g/mol. The summed E-state index contributed by atoms with van der Waals surface area (Å²) in [5, 5.41) is 48.4. The minimum atomic E-state index is -4.37. The number of benzene rings is 7. The summed E-state index contributed by atoms with van der Waals surface area (Å²) in [6, 6.07) is 39.0. The molecule has 708 valence electrons. The number of hydrogen-bond donors (Lipinski definition) is 15. The van der Waals surface area contributed by atoms with Gasteiger partial charge >= 0.3 is 5.97 Å². The van der Waals surface area contributed by atoms with Crippen LogP contribution >= 0.6 is 0 Å². The molecule has 9 atom stereocenters. The Labute approximate surface area is 779 Å². The van der Waals surface area contributed by atoms with Gasteiger partial charge in [0.1, 0.15) is 77.5 Å². The maximum Gasteiger partial charge on any atom is 0.322 e. The molecule has 3 aliphatic rings. The number of carboxylic acid groups (broad SMARTS) is 1. The number of amides is 9. The largest absolute Gasteiger partial charge is 0.497 e. The number of aliphatic carboxylic acids is 1. The Balaban J connectivity index is 0.780. The molecule has 7 aromatic carbocycles. The summed E-state index contributed by atoms with van der Waals surface area (Å²) in [4.78, 5) is 161. The van der Waals surface area contributed by atoms with Gasteiger partial charge in [0.15, 0.2) is 0 Å². The first-order valence-electron chi connectivity index (χ1n) is 45.4. The van der Waals surface area contributed by atoms with E-state index in [4.69, 9.17) is 24.6 Å². The number of rotatable bonds is 41. The lowest BCUT2D eigenvalue weighted by Crippen LogP contribution is -2.64. The predicted octanol–water partition coefficient (Wildman–Crippen LogP) is 7.70. The topological polar surface area (TPSA) is 462 Å². The van der Waals surface area contributed by atoms with Crippen molar-refractivity contribution in [3.05, 3.63) is 250 Å². The molecule has 0 saturated carbocycles. The van der Waals surface area contributed by atoms with Crippen LogP contribution in [-0.4, -0.2) is 209 Å². The number of aromatic amines is 2. The average Bonchev–Trinajstić information content (AvgIpc) is 1.36. The van der Waals surface area contributed by atoms with E-state index in [2.05, 4.69) is 67.9 Å². The van der Waals surface area contributed by atoms with Crippen LogP contribution in [0.25, 0.3) is 21.8 Å². The number of nitrogens with zero attached hydrogens (tertiary/aromatic N) is 3. The second kappa shape index (κ2) is 42.9. The highest BCUT2D eigenvalue weighted by Gasteiger charge is 2.45. The molecule has 13 rings (SSSR count). The standard InChI is InChI=1S/C100H121N17O16S/c1-59(2)47-78(89(121)108-77(96(128)117-46-43-84(117)95(127)106-55-85(118)119)38-26-45-103-97(101)115-134(129,130)87-61(4)60(3)86-73(62(87)5)52-99(9,10)133-86)109-91(123)80(49-64-53-104-74-35-23-21-33-71(64)74)111-90(122)79(48-63-39-41-70(131-11)42-40-63)110-94(126)83(57-132-98(6,7)8)114-92(124)81(50-65-54-105-75-36-24-22-34-72(65)75)112-93(125)82(113-88(120)76-37-25-44-102-76)51-69-56-116(58-107-69)100(66-27-15-12-16-28-66,67-29-17-13-18-30-67)68-31-19-14-20-32-68/h12-24,27-36,39-42,53-54,56,58-59,76-84,102,104-105H,25-26,37-38,43-52,55,57H2,1-11H3,(H,106,127)(H,108,121)(H,109,123)(H,110,126)(H,111,122)(H,112,125)(H,113,120)(H,114,124)(H,118,119)(H3,101,103,115)/t76-,77-,78-,79-,80+,81-,82-,83-,84-/m0/s1. The van der Waals surface area contributed by atoms with Crippen molar-refractivity contribution in [1.29, 1.82) is 5.41 Å². The fourth-order valence-corrected chi connectivity index (χ4v) is 19.3. The first kappa shape index (κ1) is 97.8. The molecule has 3 aliphatic heterocycles. The fourth-order valence-electron chi connectivity index (χ4n) is 17.8. The Morgan fingerprint density at radius 2 is 1.11 bits per heavy atom. The van der Waals surface area contributed by atoms with E-state index >= 15 is 28.8 Å². The molecule has 0 aliphatic carbocycles. The van der Waals surface area contributed by atoms with Gasteiger partial charge < -0.3 is 91.9 Å². The number of hydrogen-bond acceptors (Lipinski definition) is 18. The minimum absolute atomic E-state index is 0.00251. The normalized spacial score (nSPS) is 16.2. The van der Waals surface area contributed by atoms with Gasteiger partial charge in [-0.25, -0.2) is 18.1 Å². The predicted molar refractivity (Wildman–Crippen MR) is 506 cm³/mol. The van der Waals surface area contributed by atoms with Crippen molar-refractivity contribution < 1.29 is 75.7 Å². The Bertz CT molecular complexity index is 5950. The number of aromatic nitrogens is 4. The van der Waals surface area contributed by atoms with Crippen molar-refractivity contribution in [3.63, 3.8) is 0 Å². The molecule has 2 fully saturated rings. The van der Waals surface area contributed by atoms with Gasteiger partial charge in [0.25, 0.3) is 10.0 Å². The number of H-pyrrole nitrogens is 2. The molecule has 2 saturated heterocycles. The molecule has 134 heavy (non-hydrogen) atoms. The Kier molecular flexibility index (Phi) is 31.3. The lowest BCUT2D eigenvalue weighted by Gasteiger charge is -2.41. The average molecular weight is 1850 g/mol. The van der Waals surface area contributed by atoms with Crippen LogP contribution < -0.4 is 67.4 Å². The van der Waals surface area contributed by atoms with Crippen LogP contribution in [0, 0.1) is 32.1 Å². The molecule has 3 aromatic heterocycles. The maximum absolute atomic E-state index is 15.9. The van der Waals surface area contributed by atoms with Crippen LogP contribution in [0.2, 0.25) is 0 Å². The van der Waals surface area contributed by atoms with E-state index in [1.807, 2.05) is 158 Å². The van der Waals surface area contributed by atoms with Crippen molar-refractivity contribution in [3.8, 4) is 11.5 Å². The van der Waals surface area contributed by atoms with Crippen LogP contribution in [0.4, 0.5) is 0 Å². The molecule has 0 radical (unpaired) electrons. The third-order valence-electron chi connectivity index (χ3n) is 24.8. The highest BCUT2D eigenvalue weighted by atomic mass is 32.2. The number of para-hydroxylation sites is 2. The number of fused-ring (bicyclic) bond motifs is 3. The first-order valence-corrected chi connectivity index (χ1v) is 46.9. The molecule has 0 spiro atoms. The third-order valence-corrected chi connectivity index (χ3v) is 26.4. The SMILES string of the molecule is COc1ccc(C[C@H](NC(=O)[C@H](COC(C)(C)C)NC(=O)[C@H](Cc2c[nH]c3ccccc23)NC(=O)[C@H](Cc2cn(C(c3ccccc3)(c3ccccc3)c3ccccc3)cn2)NC(=O)[C@@H]2CCCN2)C(=O)N[C@H](Cc2c[nH]c3ccccc23)C(=O)N[C@@H](CC(C)C)C(=O)N[C@@H](CCCNC(=N)NS(=O)(=O)c2c(C)c(C)c3c(c2C)CC(C)(C)O3)C(=O)N2CC[C@H]2C(=O)NCC(=O)O)cc1. The zero-order chi connectivity index (χ0) is 95.9. The molecular formula is C100H121N17O16S. The molecule has 15 N–H and O–H groups in total. The van der Waals surface area contributed by atoms with Gasteiger partial charge in [-0.15, -0.1) is 0 Å². The summed E-state index contributed by atoms with van der Waals surface area (Å²) in [6.07, 6.45) is 7.82. The zero-order valence-electron chi connectivity index (χ0n) is 77.3.